The van der Waals surface area contributed by atoms with Gasteiger partial charge in [0.25, 0.3) is 5.91 Å². The summed E-state index contributed by atoms with van der Waals surface area (Å²) in [7, 11) is 0. The van der Waals surface area contributed by atoms with Gasteiger partial charge in [0.1, 0.15) is 5.82 Å². The van der Waals surface area contributed by atoms with E-state index in [1.54, 1.807) is 12.1 Å². The summed E-state index contributed by atoms with van der Waals surface area (Å²) in [5.41, 5.74) is 1.81. The van der Waals surface area contributed by atoms with E-state index in [0.29, 0.717) is 18.7 Å². The number of amides is 1. The molecule has 0 unspecified atom stereocenters. The van der Waals surface area contributed by atoms with Crippen molar-refractivity contribution in [2.45, 2.75) is 6.54 Å². The molecule has 2 N–H and O–H groups in total. The van der Waals surface area contributed by atoms with Gasteiger partial charge < -0.3 is 15.1 Å². The van der Waals surface area contributed by atoms with Crippen LogP contribution in [0, 0.1) is 5.82 Å². The summed E-state index contributed by atoms with van der Waals surface area (Å²) in [5, 5.41) is 14.8. The van der Waals surface area contributed by atoms with Crippen LogP contribution < -0.4 is 0 Å². The summed E-state index contributed by atoms with van der Waals surface area (Å²) in [6.07, 6.45) is 0. The van der Waals surface area contributed by atoms with Crippen molar-refractivity contribution in [3.8, 4) is 0 Å². The maximum atomic E-state index is 12.9. The number of benzene rings is 2. The molecule has 1 heterocycles. The Hall–Kier alpha value is -2.78. The van der Waals surface area contributed by atoms with E-state index < -0.39 is 11.9 Å². The van der Waals surface area contributed by atoms with Crippen LogP contribution in [0.3, 0.4) is 0 Å². The average molecular weight is 467 g/mol. The van der Waals surface area contributed by atoms with Crippen molar-refractivity contribution in [2.75, 3.05) is 26.2 Å². The SMILES string of the molecule is O=C(O)C(=O)O.O=C(c1ccc(F)cc1)N1CCN(Cc2cccc(Br)c2)CC1. The predicted octanol–water partition coefficient (Wildman–Crippen LogP) is 2.70. The van der Waals surface area contributed by atoms with E-state index in [9.17, 15) is 9.18 Å². The van der Waals surface area contributed by atoms with Gasteiger partial charge in [-0.2, -0.15) is 0 Å². The Bertz CT molecular complexity index is 855. The van der Waals surface area contributed by atoms with Crippen LogP contribution in [0.4, 0.5) is 4.39 Å². The number of piperazine rings is 1. The molecule has 0 aliphatic carbocycles. The first-order valence-corrected chi connectivity index (χ1v) is 9.53. The molecule has 0 spiro atoms. The summed E-state index contributed by atoms with van der Waals surface area (Å²) >= 11 is 3.49. The number of carboxylic acids is 2. The number of hydrogen-bond donors (Lipinski definition) is 2. The molecule has 0 aromatic heterocycles. The van der Waals surface area contributed by atoms with Crippen LogP contribution in [-0.2, 0) is 16.1 Å². The fraction of sp³-hybridized carbons (Fsp3) is 0.250. The molecule has 0 radical (unpaired) electrons. The van der Waals surface area contributed by atoms with Crippen LogP contribution in [0.1, 0.15) is 15.9 Å². The Morgan fingerprint density at radius 1 is 0.931 bits per heavy atom. The molecule has 29 heavy (non-hydrogen) atoms. The zero-order valence-electron chi connectivity index (χ0n) is 15.4. The van der Waals surface area contributed by atoms with Crippen LogP contribution in [0.5, 0.6) is 0 Å². The van der Waals surface area contributed by atoms with Gasteiger partial charge in [-0.25, -0.2) is 14.0 Å². The summed E-state index contributed by atoms with van der Waals surface area (Å²) < 4.78 is 14.0. The predicted molar refractivity (Wildman–Crippen MR) is 107 cm³/mol. The molecule has 2 aromatic rings. The van der Waals surface area contributed by atoms with Crippen molar-refractivity contribution < 1.29 is 29.0 Å². The van der Waals surface area contributed by atoms with Gasteiger partial charge in [0, 0.05) is 42.8 Å². The largest absolute Gasteiger partial charge is 0.473 e. The van der Waals surface area contributed by atoms with Gasteiger partial charge in [0.05, 0.1) is 0 Å². The first kappa shape index (κ1) is 22.5. The third-order valence-corrected chi connectivity index (χ3v) is 4.72. The third-order valence-electron chi connectivity index (χ3n) is 4.23. The number of carbonyl (C=O) groups is 3. The molecule has 1 amide bonds. The molecule has 7 nitrogen and oxygen atoms in total. The molecule has 9 heteroatoms. The molecule has 1 saturated heterocycles. The molecule has 154 valence electrons. The monoisotopic (exact) mass is 466 g/mol. The number of carbonyl (C=O) groups excluding carboxylic acids is 1. The Morgan fingerprint density at radius 3 is 2.03 bits per heavy atom. The summed E-state index contributed by atoms with van der Waals surface area (Å²) in [6.45, 7) is 3.98. The van der Waals surface area contributed by atoms with Gasteiger partial charge in [-0.1, -0.05) is 28.1 Å². The van der Waals surface area contributed by atoms with Crippen molar-refractivity contribution in [3.63, 3.8) is 0 Å². The van der Waals surface area contributed by atoms with Crippen molar-refractivity contribution in [3.05, 3.63) is 69.9 Å². The Kier molecular flexibility index (Phi) is 8.29. The zero-order chi connectivity index (χ0) is 21.4. The molecule has 0 bridgehead atoms. The maximum absolute atomic E-state index is 12.9. The van der Waals surface area contributed by atoms with Gasteiger partial charge in [-0.15, -0.1) is 0 Å². The molecule has 1 aliphatic heterocycles. The average Bonchev–Trinajstić information content (AvgIpc) is 2.69. The lowest BCUT2D eigenvalue weighted by Crippen LogP contribution is -2.48. The third kappa shape index (κ3) is 7.28. The number of nitrogens with zero attached hydrogens (tertiary/aromatic N) is 2. The maximum Gasteiger partial charge on any atom is 0.414 e. The first-order chi connectivity index (χ1) is 13.8. The highest BCUT2D eigenvalue weighted by atomic mass is 79.9. The first-order valence-electron chi connectivity index (χ1n) is 8.74. The fourth-order valence-corrected chi connectivity index (χ4v) is 3.22. The number of aliphatic carboxylic acids is 2. The van der Waals surface area contributed by atoms with E-state index in [2.05, 4.69) is 33.0 Å². The summed E-state index contributed by atoms with van der Waals surface area (Å²) in [4.78, 5) is 34.8. The number of rotatable bonds is 3. The Labute approximate surface area is 175 Å². The minimum absolute atomic E-state index is 0.0212. The van der Waals surface area contributed by atoms with Gasteiger partial charge in [0.15, 0.2) is 0 Å². The zero-order valence-corrected chi connectivity index (χ0v) is 17.0. The quantitative estimate of drug-likeness (QED) is 0.674. The van der Waals surface area contributed by atoms with Gasteiger partial charge in [-0.05, 0) is 42.0 Å². The standard InChI is InChI=1S/C18H18BrFN2O.C2H2O4/c19-16-3-1-2-14(12-16)13-21-8-10-22(11-9-21)18(23)15-4-6-17(20)7-5-15;3-1(4)2(5)6/h1-7,12H,8-11,13H2;(H,3,4)(H,5,6). The minimum atomic E-state index is -1.82. The van der Waals surface area contributed by atoms with Crippen molar-refractivity contribution in [1.29, 1.82) is 0 Å². The smallest absolute Gasteiger partial charge is 0.414 e. The second-order valence-corrected chi connectivity index (χ2v) is 7.23. The van der Waals surface area contributed by atoms with Crippen LogP contribution in [-0.4, -0.2) is 64.0 Å². The molecule has 3 rings (SSSR count). The second-order valence-electron chi connectivity index (χ2n) is 6.32. The van der Waals surface area contributed by atoms with Crippen LogP contribution in [0.25, 0.3) is 0 Å². The van der Waals surface area contributed by atoms with Crippen molar-refractivity contribution >= 4 is 33.8 Å². The molecule has 0 saturated carbocycles. The number of halogens is 2. The van der Waals surface area contributed by atoms with Crippen LogP contribution in [0.15, 0.2) is 53.0 Å². The minimum Gasteiger partial charge on any atom is -0.473 e. The summed E-state index contributed by atoms with van der Waals surface area (Å²) in [6, 6.07) is 14.0. The van der Waals surface area contributed by atoms with Crippen LogP contribution >= 0.6 is 15.9 Å². The van der Waals surface area contributed by atoms with E-state index in [0.717, 1.165) is 24.1 Å². The lowest BCUT2D eigenvalue weighted by atomic mass is 10.1. The molecule has 2 aromatic carbocycles. The molecule has 0 atom stereocenters. The number of hydrogen-bond acceptors (Lipinski definition) is 4. The Balaban J connectivity index is 0.000000438. The highest BCUT2D eigenvalue weighted by molar-refractivity contribution is 9.10. The van der Waals surface area contributed by atoms with Crippen molar-refractivity contribution in [2.24, 2.45) is 0 Å². The highest BCUT2D eigenvalue weighted by Crippen LogP contribution is 2.15. The lowest BCUT2D eigenvalue weighted by molar-refractivity contribution is -0.159. The highest BCUT2D eigenvalue weighted by Gasteiger charge is 2.22. The van der Waals surface area contributed by atoms with E-state index in [-0.39, 0.29) is 11.7 Å². The van der Waals surface area contributed by atoms with E-state index in [1.807, 2.05) is 17.0 Å². The second kappa shape index (κ2) is 10.7. The van der Waals surface area contributed by atoms with Crippen molar-refractivity contribution in [1.82, 2.24) is 9.80 Å². The molecule has 1 fully saturated rings. The molecule has 1 aliphatic rings. The van der Waals surface area contributed by atoms with E-state index in [1.165, 1.54) is 17.7 Å². The lowest BCUT2D eigenvalue weighted by Gasteiger charge is -2.34. The van der Waals surface area contributed by atoms with Gasteiger partial charge >= 0.3 is 11.9 Å². The topological polar surface area (TPSA) is 98.1 Å². The van der Waals surface area contributed by atoms with E-state index >= 15 is 0 Å². The summed E-state index contributed by atoms with van der Waals surface area (Å²) in [5.74, 6) is -3.99. The van der Waals surface area contributed by atoms with Crippen LogP contribution in [0.2, 0.25) is 0 Å². The number of carboxylic acid groups (broad SMARTS) is 2. The molecular weight excluding hydrogens is 447 g/mol. The van der Waals surface area contributed by atoms with Gasteiger partial charge in [-0.3, -0.25) is 9.69 Å². The normalized spacial score (nSPS) is 13.9. The molecular formula is C20H20BrFN2O5. The van der Waals surface area contributed by atoms with E-state index in [4.69, 9.17) is 19.8 Å². The van der Waals surface area contributed by atoms with Gasteiger partial charge in [0.2, 0.25) is 0 Å². The fourth-order valence-electron chi connectivity index (χ4n) is 2.78. The Morgan fingerprint density at radius 2 is 1.52 bits per heavy atom.